The first kappa shape index (κ1) is 63.8. The molecule has 2 aliphatic rings. The van der Waals surface area contributed by atoms with Gasteiger partial charge in [-0.3, -0.25) is 57.5 Å². The number of carboxylic acid groups (broad SMARTS) is 2. The molecule has 3 unspecified atom stereocenters. The third-order valence-corrected chi connectivity index (χ3v) is 14.1. The van der Waals surface area contributed by atoms with Gasteiger partial charge in [-0.05, 0) is 68.3 Å². The number of benzene rings is 2. The van der Waals surface area contributed by atoms with Crippen LogP contribution in [-0.4, -0.2) is 171 Å². The van der Waals surface area contributed by atoms with E-state index in [1.807, 2.05) is 0 Å². The van der Waals surface area contributed by atoms with E-state index in [1.165, 1.54) is 29.2 Å². The fraction of sp³-hybridized carbons (Fsp3) is 0.500. The minimum atomic E-state index is -1.79. The molecule has 27 nitrogen and oxygen atoms in total. The number of carboxylic acids is 2. The summed E-state index contributed by atoms with van der Waals surface area (Å²) in [5, 5.41) is 44.1. The number of carbonyl (C=O) groups excluding carboxylic acids is 10. The molecular weight excluding hydrogens is 1050 g/mol. The Balaban J connectivity index is 0.00000376. The van der Waals surface area contributed by atoms with Crippen LogP contribution in [0.25, 0.3) is 0 Å². The molecule has 2 heterocycles. The lowest BCUT2D eigenvalue weighted by Crippen LogP contribution is -2.61. The maximum atomic E-state index is 14.5. The second-order valence-electron chi connectivity index (χ2n) is 17.9. The number of hydrogen-bond donors (Lipinski definition) is 14. The number of nitrogens with two attached hydrogens (primary N) is 4. The van der Waals surface area contributed by atoms with Gasteiger partial charge >= 0.3 is 5.97 Å². The molecule has 0 aromatic heterocycles. The highest BCUT2D eigenvalue weighted by Gasteiger charge is 2.40. The van der Waals surface area contributed by atoms with E-state index in [-0.39, 0.29) is 56.0 Å². The summed E-state index contributed by atoms with van der Waals surface area (Å²) in [4.78, 5) is 158. The number of nitrogens with one attached hydrogen (secondary N) is 7. The first-order chi connectivity index (χ1) is 36.5. The zero-order chi connectivity index (χ0) is 57.2. The number of aliphatic carboxylic acids is 2. The number of phenolic OH excluding ortho intramolecular Hbond substituents is 1. The fourth-order valence-corrected chi connectivity index (χ4v) is 10.1. The molecule has 10 amide bonds. The van der Waals surface area contributed by atoms with Crippen LogP contribution in [-0.2, 0) is 70.4 Å². The van der Waals surface area contributed by atoms with Crippen molar-refractivity contribution in [3.8, 4) is 5.75 Å². The minimum absolute atomic E-state index is 0.0159. The molecule has 0 saturated carbocycles. The van der Waals surface area contributed by atoms with Crippen molar-refractivity contribution in [1.29, 1.82) is 0 Å². The Morgan fingerprint density at radius 2 is 1.27 bits per heavy atom. The van der Waals surface area contributed by atoms with Crippen LogP contribution in [0.2, 0.25) is 0 Å². The van der Waals surface area contributed by atoms with Crippen LogP contribution in [0.4, 0.5) is 0 Å². The molecule has 422 valence electrons. The number of unbranched alkanes of at least 4 members (excludes halogenated alkanes) is 1. The highest BCUT2D eigenvalue weighted by molar-refractivity contribution is 8.76. The quantitative estimate of drug-likeness (QED) is 0.0477. The number of aromatic hydroxyl groups is 1. The molecule has 2 saturated heterocycles. The number of nitrogens with zero attached hydrogens (tertiary/aromatic N) is 1. The molecule has 2 aliphatic heterocycles. The zero-order valence-electron chi connectivity index (χ0n) is 42.2. The molecule has 0 bridgehead atoms. The summed E-state index contributed by atoms with van der Waals surface area (Å²) in [6, 6.07) is 2.94. The van der Waals surface area contributed by atoms with Gasteiger partial charge < -0.3 is 80.4 Å². The van der Waals surface area contributed by atoms with Gasteiger partial charge in [-0.1, -0.05) is 64.1 Å². The van der Waals surface area contributed by atoms with E-state index in [4.69, 9.17) is 37.9 Å². The van der Waals surface area contributed by atoms with E-state index < -0.39 is 145 Å². The van der Waals surface area contributed by atoms with Crippen LogP contribution in [0.3, 0.4) is 0 Å². The number of carbonyl (C=O) groups is 12. The molecule has 0 aliphatic carbocycles. The van der Waals surface area contributed by atoms with Gasteiger partial charge in [0.15, 0.2) is 0 Å². The maximum absolute atomic E-state index is 14.5. The lowest BCUT2D eigenvalue weighted by atomic mass is 10.0. The molecule has 77 heavy (non-hydrogen) atoms. The molecule has 2 fully saturated rings. The number of hydrogen-bond acceptors (Lipinski definition) is 17. The highest BCUT2D eigenvalue weighted by Crippen LogP contribution is 2.26. The molecule has 8 atom stereocenters. The van der Waals surface area contributed by atoms with Gasteiger partial charge in [-0.25, -0.2) is 0 Å². The number of amides is 10. The molecule has 0 radical (unpaired) electrons. The van der Waals surface area contributed by atoms with Crippen LogP contribution >= 0.6 is 21.6 Å². The SMILES string of the molecule is CC(=O)O.NCCCC[C@H](NC(=O)[C@@H]1CCCN1C(=O)C1CSSC[C@H](N)C(=O)N[C@@H](Cc2ccc(O)cc2)C(=O)NC(Cc2ccccc2)C(=O)NC(CCC(N)=O)C(=O)N[C@@H](CC(N)=O)C(=O)N1)C(=O)NCC(=O)O. The lowest BCUT2D eigenvalue weighted by molar-refractivity contribution is -0.142. The third-order valence-electron chi connectivity index (χ3n) is 11.6. The lowest BCUT2D eigenvalue weighted by Gasteiger charge is -2.31. The van der Waals surface area contributed by atoms with Crippen molar-refractivity contribution in [2.75, 3.05) is 31.1 Å². The van der Waals surface area contributed by atoms with E-state index in [1.54, 1.807) is 30.3 Å². The maximum Gasteiger partial charge on any atom is 0.322 e. The molecule has 29 heteroatoms. The first-order valence-corrected chi connectivity index (χ1v) is 26.9. The summed E-state index contributed by atoms with van der Waals surface area (Å²) in [5.41, 5.74) is 24.0. The predicted molar refractivity (Wildman–Crippen MR) is 280 cm³/mol. The average molecular weight is 1120 g/mol. The topological polar surface area (TPSA) is 457 Å². The van der Waals surface area contributed by atoms with Crippen LogP contribution in [0.5, 0.6) is 5.75 Å². The number of phenols is 1. The number of likely N-dealkylation sites (tertiary alicyclic amines) is 1. The van der Waals surface area contributed by atoms with Crippen LogP contribution < -0.4 is 60.2 Å². The Kier molecular flexibility index (Phi) is 27.2. The minimum Gasteiger partial charge on any atom is -0.508 e. The van der Waals surface area contributed by atoms with Gasteiger partial charge in [-0.15, -0.1) is 0 Å². The highest BCUT2D eigenvalue weighted by atomic mass is 33.1. The van der Waals surface area contributed by atoms with Gasteiger partial charge in [-0.2, -0.15) is 0 Å². The molecule has 2 aromatic carbocycles. The summed E-state index contributed by atoms with van der Waals surface area (Å²) in [6.07, 6.45) is -0.547. The van der Waals surface area contributed by atoms with Crippen molar-refractivity contribution in [2.24, 2.45) is 22.9 Å². The van der Waals surface area contributed by atoms with Crippen molar-refractivity contribution in [1.82, 2.24) is 42.1 Å². The standard InChI is InChI=1S/C46H64N12O13S2.C2H4O2/c47-17-5-4-9-29(40(65)51-22-38(62)63)53-45(70)35-10-6-18-58(35)46(71)34-24-73-72-23-28(48)39(64)54-31(20-26-11-13-27(59)14-12-26)43(68)55-32(19-25-7-2-1-3-8-25)42(67)52-30(15-16-36(49)60)41(66)56-33(21-37(50)61)44(69)57-34;1-2(3)4/h1-3,7-8,11-14,28-35,59H,4-6,9-10,15-24,47-48H2,(H2,49,60)(H2,50,61)(H,51,65)(H,52,67)(H,53,70)(H,54,64)(H,55,68)(H,56,66)(H,57,69)(H,62,63);1H3,(H,3,4)/t28-,29-,30?,31-,32?,33-,34?,35-;/m0./s1. The Morgan fingerprint density at radius 3 is 1.86 bits per heavy atom. The normalized spacial score (nSPS) is 22.1. The second-order valence-corrected chi connectivity index (χ2v) is 20.4. The Bertz CT molecular complexity index is 2400. The molecule has 2 aromatic rings. The predicted octanol–water partition coefficient (Wildman–Crippen LogP) is -3.64. The molecule has 0 spiro atoms. The number of rotatable bonds is 19. The van der Waals surface area contributed by atoms with E-state index >= 15 is 0 Å². The second kappa shape index (κ2) is 32.8. The summed E-state index contributed by atoms with van der Waals surface area (Å²) in [7, 11) is 2.01. The van der Waals surface area contributed by atoms with Crippen molar-refractivity contribution >= 4 is 92.6 Å². The van der Waals surface area contributed by atoms with Gasteiger partial charge in [0.1, 0.15) is 54.6 Å². The summed E-state index contributed by atoms with van der Waals surface area (Å²) in [5.74, 6) is -11.5. The van der Waals surface area contributed by atoms with Gasteiger partial charge in [0.25, 0.3) is 5.97 Å². The van der Waals surface area contributed by atoms with E-state index in [0.717, 1.165) is 28.5 Å². The van der Waals surface area contributed by atoms with Crippen molar-refractivity contribution in [3.05, 3.63) is 65.7 Å². The van der Waals surface area contributed by atoms with Gasteiger partial charge in [0.2, 0.25) is 59.1 Å². The Morgan fingerprint density at radius 1 is 0.727 bits per heavy atom. The van der Waals surface area contributed by atoms with E-state index in [2.05, 4.69) is 37.2 Å². The van der Waals surface area contributed by atoms with E-state index in [9.17, 15) is 57.8 Å². The Labute approximate surface area is 451 Å². The average Bonchev–Trinajstić information content (AvgIpc) is 3.87. The largest absolute Gasteiger partial charge is 0.508 e. The number of primary amides is 2. The van der Waals surface area contributed by atoms with Crippen LogP contribution in [0.15, 0.2) is 54.6 Å². The summed E-state index contributed by atoms with van der Waals surface area (Å²) >= 11 is 0. The monoisotopic (exact) mass is 1120 g/mol. The fourth-order valence-electron chi connectivity index (χ4n) is 7.78. The Hall–Kier alpha value is -7.50. The zero-order valence-corrected chi connectivity index (χ0v) is 43.9. The van der Waals surface area contributed by atoms with Crippen molar-refractivity contribution < 1.29 is 72.9 Å². The third kappa shape index (κ3) is 23.1. The van der Waals surface area contributed by atoms with Crippen molar-refractivity contribution in [2.45, 2.75) is 119 Å². The summed E-state index contributed by atoms with van der Waals surface area (Å²) in [6.45, 7) is 0.677. The van der Waals surface area contributed by atoms with Gasteiger partial charge in [0, 0.05) is 44.2 Å². The van der Waals surface area contributed by atoms with Crippen molar-refractivity contribution in [3.63, 3.8) is 0 Å². The molecular formula is C48H68N12O15S2. The summed E-state index contributed by atoms with van der Waals surface area (Å²) < 4.78 is 0. The van der Waals surface area contributed by atoms with E-state index in [0.29, 0.717) is 30.4 Å². The van der Waals surface area contributed by atoms with Crippen LogP contribution in [0, 0.1) is 0 Å². The van der Waals surface area contributed by atoms with Gasteiger partial charge in [0.05, 0.1) is 12.5 Å². The van der Waals surface area contributed by atoms with Crippen LogP contribution in [0.1, 0.15) is 69.4 Å². The smallest absolute Gasteiger partial charge is 0.322 e. The molecule has 18 N–H and O–H groups in total. The molecule has 4 rings (SSSR count). The first-order valence-electron chi connectivity index (χ1n) is 24.4.